The molecule has 3 N–H and O–H groups in total. The van der Waals surface area contributed by atoms with Crippen LogP contribution in [0.25, 0.3) is 0 Å². The Balaban J connectivity index is 2.40. The molecule has 0 spiro atoms. The number of ether oxygens (including phenoxy) is 1. The Morgan fingerprint density at radius 2 is 1.86 bits per heavy atom. The summed E-state index contributed by atoms with van der Waals surface area (Å²) in [7, 11) is -2.01. The highest BCUT2D eigenvalue weighted by molar-refractivity contribution is 7.89. The molecular weight excluding hydrogens is 426 g/mol. The Kier molecular flexibility index (Phi) is 7.25. The van der Waals surface area contributed by atoms with E-state index in [0.717, 1.165) is 14.2 Å². The highest BCUT2D eigenvalue weighted by Gasteiger charge is 2.30. The average Bonchev–Trinajstić information content (AvgIpc) is 2.69. The minimum atomic E-state index is -4.28. The zero-order valence-electron chi connectivity index (χ0n) is 16.3. The highest BCUT2D eigenvalue weighted by atomic mass is 35.5. The van der Waals surface area contributed by atoms with Crippen molar-refractivity contribution in [2.24, 2.45) is 0 Å². The van der Waals surface area contributed by atoms with Crippen LogP contribution >= 0.6 is 11.6 Å². The fourth-order valence-electron chi connectivity index (χ4n) is 2.49. The summed E-state index contributed by atoms with van der Waals surface area (Å²) in [5.74, 6) is -0.720. The number of phenols is 1. The van der Waals surface area contributed by atoms with Gasteiger partial charge in [-0.2, -0.15) is 0 Å². The second-order valence-corrected chi connectivity index (χ2v) is 8.39. The van der Waals surface area contributed by atoms with E-state index in [0.29, 0.717) is 17.7 Å². The molecule has 29 heavy (non-hydrogen) atoms. The van der Waals surface area contributed by atoms with Crippen molar-refractivity contribution in [1.82, 2.24) is 4.47 Å². The SMILES string of the molecule is CCOC[C@@H](C)Nc1c(Nc2ccc(Cl)c(S(=O)(=O)N(C)OC)c2O)c(=O)c1=O. The molecule has 0 aliphatic carbocycles. The molecule has 0 amide bonds. The summed E-state index contributed by atoms with van der Waals surface area (Å²) in [4.78, 5) is 28.0. The number of hydrogen-bond acceptors (Lipinski definition) is 9. The summed E-state index contributed by atoms with van der Waals surface area (Å²) in [5, 5.41) is 15.7. The van der Waals surface area contributed by atoms with Crippen molar-refractivity contribution in [2.75, 3.05) is 38.0 Å². The van der Waals surface area contributed by atoms with E-state index in [1.54, 1.807) is 6.92 Å². The Morgan fingerprint density at radius 1 is 1.24 bits per heavy atom. The Bertz CT molecular complexity index is 1060. The van der Waals surface area contributed by atoms with Crippen molar-refractivity contribution >= 4 is 38.7 Å². The van der Waals surface area contributed by atoms with Crippen molar-refractivity contribution in [1.29, 1.82) is 0 Å². The third kappa shape index (κ3) is 4.54. The second-order valence-electron chi connectivity index (χ2n) is 6.11. The monoisotopic (exact) mass is 447 g/mol. The lowest BCUT2D eigenvalue weighted by Crippen LogP contribution is -2.39. The van der Waals surface area contributed by atoms with Gasteiger partial charge in [0.15, 0.2) is 5.75 Å². The first-order valence-electron chi connectivity index (χ1n) is 8.55. The number of rotatable bonds is 10. The lowest BCUT2D eigenvalue weighted by atomic mass is 10.1. The molecule has 0 radical (unpaired) electrons. The van der Waals surface area contributed by atoms with Crippen LogP contribution in [0.4, 0.5) is 17.1 Å². The van der Waals surface area contributed by atoms with Gasteiger partial charge in [0.2, 0.25) is 0 Å². The van der Waals surface area contributed by atoms with Gasteiger partial charge in [-0.15, -0.1) is 0 Å². The largest absolute Gasteiger partial charge is 0.504 e. The molecule has 12 heteroatoms. The molecule has 0 heterocycles. The summed E-state index contributed by atoms with van der Waals surface area (Å²) < 4.78 is 30.8. The van der Waals surface area contributed by atoms with E-state index in [9.17, 15) is 23.1 Å². The number of benzene rings is 1. The summed E-state index contributed by atoms with van der Waals surface area (Å²) in [6.07, 6.45) is 0. The summed E-state index contributed by atoms with van der Waals surface area (Å²) >= 11 is 5.96. The molecule has 160 valence electrons. The van der Waals surface area contributed by atoms with Crippen LogP contribution < -0.4 is 21.5 Å². The molecule has 0 bridgehead atoms. The van der Waals surface area contributed by atoms with Crippen molar-refractivity contribution < 1.29 is 23.1 Å². The van der Waals surface area contributed by atoms with Crippen molar-refractivity contribution in [3.63, 3.8) is 0 Å². The van der Waals surface area contributed by atoms with Crippen molar-refractivity contribution in [3.05, 3.63) is 37.6 Å². The minimum absolute atomic E-state index is 0.0231. The van der Waals surface area contributed by atoms with Gasteiger partial charge < -0.3 is 20.5 Å². The summed E-state index contributed by atoms with van der Waals surface area (Å²) in [6.45, 7) is 4.40. The predicted octanol–water partition coefficient (Wildman–Crippen LogP) is 1.40. The molecular formula is C17H22ClN3O7S. The number of hydrogen-bond donors (Lipinski definition) is 3. The molecule has 2 rings (SSSR count). The first-order chi connectivity index (χ1) is 13.6. The van der Waals surface area contributed by atoms with Gasteiger partial charge in [-0.05, 0) is 26.0 Å². The Hall–Kier alpha value is -2.18. The normalized spacial score (nSPS) is 13.0. The zero-order chi connectivity index (χ0) is 21.9. The maximum Gasteiger partial charge on any atom is 0.269 e. The van der Waals surface area contributed by atoms with Crippen LogP contribution in [0.3, 0.4) is 0 Å². The Morgan fingerprint density at radius 3 is 2.45 bits per heavy atom. The molecule has 2 aromatic rings. The smallest absolute Gasteiger partial charge is 0.269 e. The van der Waals surface area contributed by atoms with Gasteiger partial charge in [0, 0.05) is 19.7 Å². The third-order valence-corrected chi connectivity index (χ3v) is 6.25. The van der Waals surface area contributed by atoms with Gasteiger partial charge >= 0.3 is 0 Å². The average molecular weight is 448 g/mol. The lowest BCUT2D eigenvalue weighted by Gasteiger charge is -2.21. The third-order valence-electron chi connectivity index (χ3n) is 4.07. The number of phenolic OH excluding ortho intramolecular Hbond substituents is 1. The van der Waals surface area contributed by atoms with Gasteiger partial charge in [0.25, 0.3) is 20.9 Å². The van der Waals surface area contributed by atoms with E-state index in [2.05, 4.69) is 15.5 Å². The van der Waals surface area contributed by atoms with Crippen LogP contribution in [-0.4, -0.2) is 51.4 Å². The second kappa shape index (κ2) is 9.09. The van der Waals surface area contributed by atoms with Gasteiger partial charge in [0.1, 0.15) is 16.3 Å². The lowest BCUT2D eigenvalue weighted by molar-refractivity contribution is -0.0259. The number of aromatic hydroxyl groups is 1. The van der Waals surface area contributed by atoms with Gasteiger partial charge in [-0.25, -0.2) is 8.42 Å². The van der Waals surface area contributed by atoms with Crippen molar-refractivity contribution in [2.45, 2.75) is 24.8 Å². The predicted molar refractivity (Wildman–Crippen MR) is 109 cm³/mol. The van der Waals surface area contributed by atoms with Crippen LogP contribution in [0.2, 0.25) is 5.02 Å². The topological polar surface area (TPSA) is 134 Å². The number of halogens is 1. The molecule has 2 aromatic carbocycles. The maximum atomic E-state index is 12.5. The fourth-order valence-corrected chi connectivity index (χ4v) is 4.05. The quantitative estimate of drug-likeness (QED) is 0.280. The van der Waals surface area contributed by atoms with E-state index in [4.69, 9.17) is 16.3 Å². The van der Waals surface area contributed by atoms with E-state index >= 15 is 0 Å². The maximum absolute atomic E-state index is 12.5. The molecule has 0 aliphatic heterocycles. The molecule has 0 aliphatic rings. The number of anilines is 3. The van der Waals surface area contributed by atoms with Gasteiger partial charge in [0.05, 0.1) is 24.4 Å². The van der Waals surface area contributed by atoms with Gasteiger partial charge in [-0.1, -0.05) is 16.1 Å². The number of nitrogens with zero attached hydrogens (tertiary/aromatic N) is 1. The molecule has 0 unspecified atom stereocenters. The molecule has 0 saturated heterocycles. The van der Waals surface area contributed by atoms with Crippen LogP contribution in [0, 0.1) is 0 Å². The number of hydroxylamine groups is 1. The first kappa shape index (κ1) is 23.1. The van der Waals surface area contributed by atoms with E-state index in [1.807, 2.05) is 6.92 Å². The van der Waals surface area contributed by atoms with Crippen LogP contribution in [0.15, 0.2) is 26.6 Å². The molecule has 0 fully saturated rings. The van der Waals surface area contributed by atoms with Crippen LogP contribution in [0.1, 0.15) is 13.8 Å². The number of nitrogens with one attached hydrogen (secondary N) is 2. The molecule has 1 atom stereocenters. The van der Waals surface area contributed by atoms with E-state index < -0.39 is 31.5 Å². The summed E-state index contributed by atoms with van der Waals surface area (Å²) in [6, 6.07) is 2.26. The fraction of sp³-hybridized carbons (Fsp3) is 0.412. The molecule has 0 aromatic heterocycles. The standard InChI is InChI=1S/C17H22ClN3O7S/c1-5-28-8-9(2)19-12-13(16(24)15(12)23)20-11-7-6-10(18)17(14(11)22)29(25,26)21(3)27-4/h6-7,9,19-20,22H,5,8H2,1-4H3/t9-/m1/s1. The van der Waals surface area contributed by atoms with Crippen LogP contribution in [-0.2, 0) is 19.6 Å². The van der Waals surface area contributed by atoms with Gasteiger partial charge in [-0.3, -0.25) is 14.4 Å². The van der Waals surface area contributed by atoms with E-state index in [-0.39, 0.29) is 28.1 Å². The molecule has 10 nitrogen and oxygen atoms in total. The zero-order valence-corrected chi connectivity index (χ0v) is 17.8. The highest BCUT2D eigenvalue weighted by Crippen LogP contribution is 2.39. The number of sulfonamides is 1. The van der Waals surface area contributed by atoms with Crippen molar-refractivity contribution in [3.8, 4) is 5.75 Å². The Labute approximate surface area is 172 Å². The van der Waals surface area contributed by atoms with Crippen LogP contribution in [0.5, 0.6) is 5.75 Å². The van der Waals surface area contributed by atoms with E-state index in [1.165, 1.54) is 12.1 Å². The first-order valence-corrected chi connectivity index (χ1v) is 10.4. The minimum Gasteiger partial charge on any atom is -0.504 e. The summed E-state index contributed by atoms with van der Waals surface area (Å²) in [5.41, 5.74) is -1.72. The molecule has 0 saturated carbocycles.